The van der Waals surface area contributed by atoms with Gasteiger partial charge in [0.05, 0.1) is 11.5 Å². The minimum absolute atomic E-state index is 0.0783. The van der Waals surface area contributed by atoms with Crippen LogP contribution in [0, 0.1) is 5.92 Å². The fourth-order valence-electron chi connectivity index (χ4n) is 1.48. The zero-order valence-corrected chi connectivity index (χ0v) is 8.01. The molecule has 0 radical (unpaired) electrons. The second-order valence-electron chi connectivity index (χ2n) is 3.24. The number of allylic oxidation sites excluding steroid dienone is 1. The smallest absolute Gasteiger partial charge is 0.229 e. The van der Waals surface area contributed by atoms with Crippen molar-refractivity contribution >= 4 is 15.9 Å². The molecule has 1 saturated heterocycles. The van der Waals surface area contributed by atoms with Crippen LogP contribution in [0.15, 0.2) is 17.3 Å². The van der Waals surface area contributed by atoms with Crippen LogP contribution >= 0.6 is 0 Å². The fourth-order valence-corrected chi connectivity index (χ4v) is 3.34. The minimum Gasteiger partial charge on any atom is -0.229 e. The van der Waals surface area contributed by atoms with E-state index in [4.69, 9.17) is 0 Å². The Labute approximate surface area is 77.3 Å². The Morgan fingerprint density at radius 2 is 2.31 bits per heavy atom. The number of rotatable bonds is 3. The topological polar surface area (TPSA) is 63.6 Å². The average Bonchev–Trinajstić information content (AvgIpc) is 2.30. The maximum Gasteiger partial charge on any atom is 0.240 e. The molecule has 5 heteroatoms. The first-order valence-electron chi connectivity index (χ1n) is 3.99. The molecule has 0 aromatic carbocycles. The van der Waals surface area contributed by atoms with Gasteiger partial charge in [0, 0.05) is 5.70 Å². The number of sulfone groups is 1. The molecule has 4 nitrogen and oxygen atoms in total. The first kappa shape index (κ1) is 10.2. The van der Waals surface area contributed by atoms with Crippen molar-refractivity contribution in [2.24, 2.45) is 10.9 Å². The Morgan fingerprint density at radius 3 is 2.77 bits per heavy atom. The average molecular weight is 201 g/mol. The van der Waals surface area contributed by atoms with E-state index in [-0.39, 0.29) is 17.4 Å². The first-order chi connectivity index (χ1) is 6.03. The summed E-state index contributed by atoms with van der Waals surface area (Å²) in [4.78, 5) is 13.2. The van der Waals surface area contributed by atoms with Crippen LogP contribution in [0.5, 0.6) is 0 Å². The highest BCUT2D eigenvalue weighted by atomic mass is 32.2. The van der Waals surface area contributed by atoms with Gasteiger partial charge in [-0.1, -0.05) is 6.58 Å². The van der Waals surface area contributed by atoms with Crippen LogP contribution in [-0.2, 0) is 14.6 Å². The standard InChI is InChI=1S/C8H11NO3S/c1-7(9-6-10)4-8-2-3-13(11,12)5-8/h8H,1-5H2. The minimum atomic E-state index is -2.84. The molecule has 0 bridgehead atoms. The number of hydrogen-bond acceptors (Lipinski definition) is 4. The van der Waals surface area contributed by atoms with Crippen LogP contribution in [0.2, 0.25) is 0 Å². The zero-order chi connectivity index (χ0) is 9.90. The van der Waals surface area contributed by atoms with Gasteiger partial charge in [0.25, 0.3) is 0 Å². The second kappa shape index (κ2) is 3.85. The third-order valence-electron chi connectivity index (χ3n) is 2.05. The number of aliphatic imine (C=N–C) groups is 1. The second-order valence-corrected chi connectivity index (χ2v) is 5.47. The molecule has 1 rings (SSSR count). The van der Waals surface area contributed by atoms with Crippen molar-refractivity contribution in [3.05, 3.63) is 12.3 Å². The van der Waals surface area contributed by atoms with Crippen molar-refractivity contribution in [1.82, 2.24) is 0 Å². The Hall–Kier alpha value is -0.930. The number of nitrogens with zero attached hydrogens (tertiary/aromatic N) is 1. The molecule has 0 N–H and O–H groups in total. The molecule has 13 heavy (non-hydrogen) atoms. The predicted molar refractivity (Wildman–Crippen MR) is 48.6 cm³/mol. The van der Waals surface area contributed by atoms with Crippen molar-refractivity contribution < 1.29 is 13.2 Å². The Balaban J connectivity index is 2.50. The maximum absolute atomic E-state index is 11.0. The summed E-state index contributed by atoms with van der Waals surface area (Å²) in [6.45, 7) is 3.53. The molecule has 0 spiro atoms. The van der Waals surface area contributed by atoms with Crippen LogP contribution < -0.4 is 0 Å². The Kier molecular flexibility index (Phi) is 3.01. The largest absolute Gasteiger partial charge is 0.240 e. The van der Waals surface area contributed by atoms with E-state index in [9.17, 15) is 13.2 Å². The third kappa shape index (κ3) is 3.13. The van der Waals surface area contributed by atoms with Crippen LogP contribution in [0.4, 0.5) is 0 Å². The summed E-state index contributed by atoms with van der Waals surface area (Å²) in [6, 6.07) is 0. The normalized spacial score (nSPS) is 25.1. The maximum atomic E-state index is 11.0. The van der Waals surface area contributed by atoms with E-state index in [0.717, 1.165) is 0 Å². The van der Waals surface area contributed by atoms with Gasteiger partial charge in [-0.05, 0) is 18.8 Å². The predicted octanol–water partition coefficient (Wildman–Crippen LogP) is 0.661. The molecule has 1 aliphatic heterocycles. The van der Waals surface area contributed by atoms with Gasteiger partial charge in [-0.25, -0.2) is 13.2 Å². The van der Waals surface area contributed by atoms with E-state index in [1.54, 1.807) is 0 Å². The molecule has 0 aromatic heterocycles. The van der Waals surface area contributed by atoms with Gasteiger partial charge in [-0.15, -0.1) is 0 Å². The van der Waals surface area contributed by atoms with Gasteiger partial charge in [0.1, 0.15) is 0 Å². The van der Waals surface area contributed by atoms with E-state index in [1.807, 2.05) is 0 Å². The quantitative estimate of drug-likeness (QED) is 0.497. The lowest BCUT2D eigenvalue weighted by molar-refractivity contribution is 0.559. The van der Waals surface area contributed by atoms with E-state index >= 15 is 0 Å². The SMILES string of the molecule is C=C(CC1CCS(=O)(=O)C1)N=C=O. The summed E-state index contributed by atoms with van der Waals surface area (Å²) < 4.78 is 22.1. The van der Waals surface area contributed by atoms with Gasteiger partial charge in [-0.3, -0.25) is 0 Å². The zero-order valence-electron chi connectivity index (χ0n) is 7.19. The van der Waals surface area contributed by atoms with E-state index < -0.39 is 9.84 Å². The first-order valence-corrected chi connectivity index (χ1v) is 5.82. The summed E-state index contributed by atoms with van der Waals surface area (Å²) in [5.41, 5.74) is 0.414. The molecule has 0 saturated carbocycles. The fraction of sp³-hybridized carbons (Fsp3) is 0.625. The molecule has 0 amide bonds. The Morgan fingerprint density at radius 1 is 1.62 bits per heavy atom. The summed E-state index contributed by atoms with van der Waals surface area (Å²) in [6.07, 6.45) is 2.52. The van der Waals surface area contributed by atoms with Gasteiger partial charge in [0.2, 0.25) is 6.08 Å². The highest BCUT2D eigenvalue weighted by Crippen LogP contribution is 2.24. The summed E-state index contributed by atoms with van der Waals surface area (Å²) in [7, 11) is -2.84. The lowest BCUT2D eigenvalue weighted by Crippen LogP contribution is -2.05. The van der Waals surface area contributed by atoms with Crippen LogP contribution in [-0.4, -0.2) is 26.0 Å². The van der Waals surface area contributed by atoms with Gasteiger partial charge >= 0.3 is 0 Å². The summed E-state index contributed by atoms with van der Waals surface area (Å²) >= 11 is 0. The number of carbonyl (C=O) groups excluding carboxylic acids is 1. The highest BCUT2D eigenvalue weighted by Gasteiger charge is 2.27. The molecular weight excluding hydrogens is 190 g/mol. The third-order valence-corrected chi connectivity index (χ3v) is 3.89. The van der Waals surface area contributed by atoms with Crippen LogP contribution in [0.3, 0.4) is 0 Å². The molecule has 1 atom stereocenters. The molecular formula is C8H11NO3S. The van der Waals surface area contributed by atoms with E-state index in [0.29, 0.717) is 18.5 Å². The van der Waals surface area contributed by atoms with Gasteiger partial charge < -0.3 is 0 Å². The summed E-state index contributed by atoms with van der Waals surface area (Å²) in [5, 5.41) is 0. The summed E-state index contributed by atoms with van der Waals surface area (Å²) in [5.74, 6) is 0.519. The van der Waals surface area contributed by atoms with Crippen molar-refractivity contribution in [2.45, 2.75) is 12.8 Å². The van der Waals surface area contributed by atoms with Crippen molar-refractivity contribution in [1.29, 1.82) is 0 Å². The van der Waals surface area contributed by atoms with Gasteiger partial charge in [-0.2, -0.15) is 4.99 Å². The lowest BCUT2D eigenvalue weighted by Gasteiger charge is -2.04. The van der Waals surface area contributed by atoms with Crippen LogP contribution in [0.1, 0.15) is 12.8 Å². The molecule has 0 aromatic rings. The van der Waals surface area contributed by atoms with Crippen molar-refractivity contribution in [3.8, 4) is 0 Å². The molecule has 72 valence electrons. The monoisotopic (exact) mass is 201 g/mol. The number of hydrogen-bond donors (Lipinski definition) is 0. The lowest BCUT2D eigenvalue weighted by atomic mass is 10.0. The molecule has 1 heterocycles. The van der Waals surface area contributed by atoms with Gasteiger partial charge in [0.15, 0.2) is 9.84 Å². The van der Waals surface area contributed by atoms with Crippen LogP contribution in [0.25, 0.3) is 0 Å². The van der Waals surface area contributed by atoms with E-state index in [2.05, 4.69) is 11.6 Å². The molecule has 0 aliphatic carbocycles. The molecule has 1 aliphatic rings. The molecule has 1 unspecified atom stereocenters. The van der Waals surface area contributed by atoms with Crippen molar-refractivity contribution in [3.63, 3.8) is 0 Å². The molecule has 1 fully saturated rings. The van der Waals surface area contributed by atoms with E-state index in [1.165, 1.54) is 6.08 Å². The number of isocyanates is 1. The Bertz CT molecular complexity index is 352. The van der Waals surface area contributed by atoms with Crippen molar-refractivity contribution in [2.75, 3.05) is 11.5 Å². The highest BCUT2D eigenvalue weighted by molar-refractivity contribution is 7.91.